The van der Waals surface area contributed by atoms with E-state index in [9.17, 15) is 4.79 Å². The van der Waals surface area contributed by atoms with Gasteiger partial charge in [0.25, 0.3) is 0 Å². The van der Waals surface area contributed by atoms with E-state index in [2.05, 4.69) is 34.4 Å². The van der Waals surface area contributed by atoms with Gasteiger partial charge in [0.15, 0.2) is 0 Å². The quantitative estimate of drug-likeness (QED) is 0.427. The minimum Gasteiger partial charge on any atom is -0.437 e. The van der Waals surface area contributed by atoms with Gasteiger partial charge in [-0.1, -0.05) is 30.3 Å². The van der Waals surface area contributed by atoms with E-state index in [0.717, 1.165) is 33.6 Å². The lowest BCUT2D eigenvalue weighted by molar-refractivity contribution is -0.116. The van der Waals surface area contributed by atoms with Gasteiger partial charge in [0.05, 0.1) is 11.9 Å². The Kier molecular flexibility index (Phi) is 5.34. The molecular formula is C23H23N5O2. The minimum absolute atomic E-state index is 0.0824. The molecule has 0 saturated heterocycles. The lowest BCUT2D eigenvalue weighted by Crippen LogP contribution is -2.21. The van der Waals surface area contributed by atoms with Crippen LogP contribution in [0.5, 0.6) is 0 Å². The number of carbonyl (C=O) groups excluding carboxylic acids is 1. The monoisotopic (exact) mass is 401 g/mol. The van der Waals surface area contributed by atoms with Gasteiger partial charge in [-0.2, -0.15) is 0 Å². The zero-order valence-electron chi connectivity index (χ0n) is 16.8. The largest absolute Gasteiger partial charge is 0.437 e. The standard InChI is InChI=1S/C23H23N5O2/c1-14(2)28-22-20-19(15-6-4-3-5-7-15)21(30-23(20)27-13-26-22)16-8-10-17(11-9-16)25-12-18(24)29/h3-11,13-14,25H,12H2,1-2H3,(H2,24,29)(H,26,27,28). The summed E-state index contributed by atoms with van der Waals surface area (Å²) in [5.41, 5.74) is 9.38. The van der Waals surface area contributed by atoms with E-state index in [-0.39, 0.29) is 12.6 Å². The highest BCUT2D eigenvalue weighted by molar-refractivity contribution is 6.05. The molecule has 0 aliphatic carbocycles. The third kappa shape index (κ3) is 3.96. The van der Waals surface area contributed by atoms with Crippen molar-refractivity contribution in [2.24, 2.45) is 5.73 Å². The third-order valence-electron chi connectivity index (χ3n) is 4.59. The number of hydrogen-bond donors (Lipinski definition) is 3. The summed E-state index contributed by atoms with van der Waals surface area (Å²) in [6.45, 7) is 4.21. The number of hydrogen-bond acceptors (Lipinski definition) is 6. The van der Waals surface area contributed by atoms with Gasteiger partial charge in [-0.15, -0.1) is 0 Å². The predicted octanol–water partition coefficient (Wildman–Crippen LogP) is 4.27. The van der Waals surface area contributed by atoms with Gasteiger partial charge < -0.3 is 20.8 Å². The summed E-state index contributed by atoms with van der Waals surface area (Å²) in [6.07, 6.45) is 1.51. The highest BCUT2D eigenvalue weighted by Gasteiger charge is 2.22. The van der Waals surface area contributed by atoms with Gasteiger partial charge in [-0.25, -0.2) is 9.97 Å². The summed E-state index contributed by atoms with van der Waals surface area (Å²) in [4.78, 5) is 19.8. The number of nitrogens with zero attached hydrogens (tertiary/aromatic N) is 2. The molecule has 0 fully saturated rings. The van der Waals surface area contributed by atoms with Crippen molar-refractivity contribution in [3.63, 3.8) is 0 Å². The smallest absolute Gasteiger partial charge is 0.236 e. The van der Waals surface area contributed by atoms with Crippen molar-refractivity contribution in [2.45, 2.75) is 19.9 Å². The average molecular weight is 401 g/mol. The summed E-state index contributed by atoms with van der Waals surface area (Å²) < 4.78 is 6.21. The topological polar surface area (TPSA) is 106 Å². The van der Waals surface area contributed by atoms with Crippen LogP contribution in [-0.4, -0.2) is 28.5 Å². The van der Waals surface area contributed by atoms with Crippen molar-refractivity contribution >= 4 is 28.5 Å². The van der Waals surface area contributed by atoms with Crippen LogP contribution >= 0.6 is 0 Å². The highest BCUT2D eigenvalue weighted by Crippen LogP contribution is 2.42. The van der Waals surface area contributed by atoms with Crippen LogP contribution < -0.4 is 16.4 Å². The lowest BCUT2D eigenvalue weighted by Gasteiger charge is -2.11. The van der Waals surface area contributed by atoms with Crippen molar-refractivity contribution in [2.75, 3.05) is 17.2 Å². The van der Waals surface area contributed by atoms with E-state index in [1.807, 2.05) is 54.6 Å². The Balaban J connectivity index is 1.86. The van der Waals surface area contributed by atoms with Crippen LogP contribution in [0.25, 0.3) is 33.6 Å². The van der Waals surface area contributed by atoms with E-state index in [1.54, 1.807) is 0 Å². The molecule has 2 aromatic heterocycles. The Hall–Kier alpha value is -3.87. The molecule has 0 aliphatic rings. The Morgan fingerprint density at radius 1 is 1.03 bits per heavy atom. The first-order chi connectivity index (χ1) is 14.5. The first kappa shape index (κ1) is 19.4. The molecule has 0 spiro atoms. The number of benzene rings is 2. The fourth-order valence-corrected chi connectivity index (χ4v) is 3.33. The summed E-state index contributed by atoms with van der Waals surface area (Å²) >= 11 is 0. The summed E-state index contributed by atoms with van der Waals surface area (Å²) in [6, 6.07) is 17.9. The second-order valence-corrected chi connectivity index (χ2v) is 7.27. The minimum atomic E-state index is -0.411. The molecule has 1 amide bonds. The molecule has 0 aliphatic heterocycles. The van der Waals surface area contributed by atoms with Crippen molar-refractivity contribution in [1.29, 1.82) is 0 Å². The summed E-state index contributed by atoms with van der Waals surface area (Å²) in [5.74, 6) is 1.04. The van der Waals surface area contributed by atoms with Crippen molar-refractivity contribution in [3.8, 4) is 22.5 Å². The van der Waals surface area contributed by atoms with Crippen molar-refractivity contribution in [1.82, 2.24) is 9.97 Å². The second-order valence-electron chi connectivity index (χ2n) is 7.27. The zero-order chi connectivity index (χ0) is 21.1. The third-order valence-corrected chi connectivity index (χ3v) is 4.59. The molecule has 0 unspecified atom stereocenters. The number of carbonyl (C=O) groups is 1. The first-order valence-corrected chi connectivity index (χ1v) is 9.75. The number of aromatic nitrogens is 2. The van der Waals surface area contributed by atoms with Crippen LogP contribution in [0.15, 0.2) is 65.3 Å². The van der Waals surface area contributed by atoms with E-state index in [4.69, 9.17) is 10.2 Å². The molecule has 0 saturated carbocycles. The Morgan fingerprint density at radius 2 is 1.77 bits per heavy atom. The fraction of sp³-hybridized carbons (Fsp3) is 0.174. The maximum absolute atomic E-state index is 11.0. The number of nitrogens with one attached hydrogen (secondary N) is 2. The SMILES string of the molecule is CC(C)Nc1ncnc2oc(-c3ccc(NCC(N)=O)cc3)c(-c3ccccc3)c12. The normalized spacial score (nSPS) is 11.0. The van der Waals surface area contributed by atoms with Gasteiger partial charge in [0.2, 0.25) is 11.6 Å². The molecule has 2 heterocycles. The Labute approximate surface area is 174 Å². The molecule has 0 bridgehead atoms. The van der Waals surface area contributed by atoms with Crippen LogP contribution in [0.1, 0.15) is 13.8 Å². The Morgan fingerprint density at radius 3 is 2.43 bits per heavy atom. The van der Waals surface area contributed by atoms with Crippen LogP contribution in [-0.2, 0) is 4.79 Å². The molecule has 4 N–H and O–H groups in total. The number of primary amides is 1. The number of nitrogens with two attached hydrogens (primary N) is 1. The van der Waals surface area contributed by atoms with Crippen LogP contribution in [0, 0.1) is 0 Å². The molecule has 30 heavy (non-hydrogen) atoms. The van der Waals surface area contributed by atoms with Gasteiger partial charge >= 0.3 is 0 Å². The molecule has 4 aromatic rings. The van der Waals surface area contributed by atoms with Crippen LogP contribution in [0.2, 0.25) is 0 Å². The highest BCUT2D eigenvalue weighted by atomic mass is 16.3. The van der Waals surface area contributed by atoms with E-state index < -0.39 is 5.91 Å². The Bertz CT molecular complexity index is 1170. The maximum atomic E-state index is 11.0. The molecule has 2 aromatic carbocycles. The molecule has 4 rings (SSSR count). The van der Waals surface area contributed by atoms with Gasteiger partial charge in [-0.3, -0.25) is 4.79 Å². The van der Waals surface area contributed by atoms with Crippen LogP contribution in [0.3, 0.4) is 0 Å². The van der Waals surface area contributed by atoms with E-state index in [1.165, 1.54) is 6.33 Å². The number of rotatable bonds is 7. The number of fused-ring (bicyclic) bond motifs is 1. The summed E-state index contributed by atoms with van der Waals surface area (Å²) in [5, 5.41) is 7.23. The molecule has 7 nitrogen and oxygen atoms in total. The molecule has 0 radical (unpaired) electrons. The summed E-state index contributed by atoms with van der Waals surface area (Å²) in [7, 11) is 0. The van der Waals surface area contributed by atoms with Gasteiger partial charge in [0.1, 0.15) is 17.9 Å². The van der Waals surface area contributed by atoms with Crippen molar-refractivity contribution < 1.29 is 9.21 Å². The van der Waals surface area contributed by atoms with E-state index in [0.29, 0.717) is 11.5 Å². The molecule has 7 heteroatoms. The van der Waals surface area contributed by atoms with E-state index >= 15 is 0 Å². The van der Waals surface area contributed by atoms with Gasteiger partial charge in [0, 0.05) is 22.9 Å². The predicted molar refractivity (Wildman–Crippen MR) is 119 cm³/mol. The fourth-order valence-electron chi connectivity index (χ4n) is 3.33. The first-order valence-electron chi connectivity index (χ1n) is 9.75. The lowest BCUT2D eigenvalue weighted by atomic mass is 9.99. The average Bonchev–Trinajstić information content (AvgIpc) is 3.13. The second kappa shape index (κ2) is 8.24. The number of amides is 1. The number of anilines is 2. The molecular weight excluding hydrogens is 378 g/mol. The molecule has 152 valence electrons. The zero-order valence-corrected chi connectivity index (χ0v) is 16.8. The maximum Gasteiger partial charge on any atom is 0.236 e. The van der Waals surface area contributed by atoms with Crippen molar-refractivity contribution in [3.05, 3.63) is 60.9 Å². The van der Waals surface area contributed by atoms with Crippen LogP contribution in [0.4, 0.5) is 11.5 Å². The van der Waals surface area contributed by atoms with Gasteiger partial charge in [-0.05, 0) is 43.7 Å². The molecule has 0 atom stereocenters. The number of furan rings is 1.